The summed E-state index contributed by atoms with van der Waals surface area (Å²) < 4.78 is 5.40. The first-order chi connectivity index (χ1) is 12.4. The van der Waals surface area contributed by atoms with E-state index in [4.69, 9.17) is 4.98 Å². The van der Waals surface area contributed by atoms with Gasteiger partial charge >= 0.3 is 0 Å². The number of nitrogens with one attached hydrogen (secondary N) is 1. The van der Waals surface area contributed by atoms with Crippen LogP contribution >= 0.6 is 22.9 Å². The van der Waals surface area contributed by atoms with Gasteiger partial charge in [0.2, 0.25) is 0 Å². The van der Waals surface area contributed by atoms with Crippen LogP contribution < -0.4 is 5.32 Å². The van der Waals surface area contributed by atoms with Crippen LogP contribution in [0.4, 0.5) is 11.5 Å². The van der Waals surface area contributed by atoms with Crippen LogP contribution in [-0.4, -0.2) is 19.3 Å². The molecule has 0 aliphatic heterocycles. The van der Waals surface area contributed by atoms with Gasteiger partial charge in [-0.3, -0.25) is 4.98 Å². The standard InChI is InChI=1S/C18H11N5S2/c1-2-4-14-13(3-1)17(23-18(22-14)16-9-19-10-24-16)21-12-5-6-15-11(7-12)8-20-25-15/h1-10H,(H,21,22,23). The molecule has 7 heteroatoms. The lowest BCUT2D eigenvalue weighted by atomic mass is 10.2. The van der Waals surface area contributed by atoms with E-state index in [-0.39, 0.29) is 0 Å². The predicted octanol–water partition coefficient (Wildman–Crippen LogP) is 5.11. The Balaban J connectivity index is 1.65. The molecule has 0 radical (unpaired) electrons. The Morgan fingerprint density at radius 3 is 2.84 bits per heavy atom. The molecule has 0 unspecified atom stereocenters. The molecule has 2 aromatic carbocycles. The summed E-state index contributed by atoms with van der Waals surface area (Å²) in [7, 11) is 0. The van der Waals surface area contributed by atoms with Crippen molar-refractivity contribution in [2.45, 2.75) is 0 Å². The molecule has 5 nitrogen and oxygen atoms in total. The van der Waals surface area contributed by atoms with Gasteiger partial charge in [-0.25, -0.2) is 9.97 Å². The average Bonchev–Trinajstić information content (AvgIpc) is 3.33. The van der Waals surface area contributed by atoms with Gasteiger partial charge in [-0.2, -0.15) is 4.37 Å². The summed E-state index contributed by atoms with van der Waals surface area (Å²) >= 11 is 3.03. The number of para-hydroxylation sites is 1. The van der Waals surface area contributed by atoms with Gasteiger partial charge in [0.1, 0.15) is 5.82 Å². The first kappa shape index (κ1) is 14.4. The highest BCUT2D eigenvalue weighted by atomic mass is 32.1. The second-order valence-electron chi connectivity index (χ2n) is 5.48. The molecule has 5 aromatic rings. The number of anilines is 2. The van der Waals surface area contributed by atoms with Crippen molar-refractivity contribution in [3.8, 4) is 10.7 Å². The van der Waals surface area contributed by atoms with Gasteiger partial charge in [0, 0.05) is 28.9 Å². The van der Waals surface area contributed by atoms with Crippen molar-refractivity contribution in [1.82, 2.24) is 19.3 Å². The maximum absolute atomic E-state index is 4.74. The van der Waals surface area contributed by atoms with E-state index in [1.165, 1.54) is 27.6 Å². The molecule has 0 spiro atoms. The summed E-state index contributed by atoms with van der Waals surface area (Å²) in [5.74, 6) is 1.47. The summed E-state index contributed by atoms with van der Waals surface area (Å²) in [6.45, 7) is 0. The molecule has 0 saturated carbocycles. The van der Waals surface area contributed by atoms with Crippen LogP contribution in [0.1, 0.15) is 0 Å². The van der Waals surface area contributed by atoms with Gasteiger partial charge < -0.3 is 5.32 Å². The van der Waals surface area contributed by atoms with Crippen molar-refractivity contribution in [2.75, 3.05) is 5.32 Å². The molecule has 0 amide bonds. The maximum atomic E-state index is 4.74. The lowest BCUT2D eigenvalue weighted by molar-refractivity contribution is 1.23. The van der Waals surface area contributed by atoms with E-state index in [9.17, 15) is 0 Å². The van der Waals surface area contributed by atoms with Gasteiger partial charge in [0.15, 0.2) is 5.82 Å². The Kier molecular flexibility index (Phi) is 3.39. The molecule has 1 N–H and O–H groups in total. The highest BCUT2D eigenvalue weighted by Crippen LogP contribution is 2.30. The number of fused-ring (bicyclic) bond motifs is 2. The zero-order chi connectivity index (χ0) is 16.6. The number of aromatic nitrogens is 4. The van der Waals surface area contributed by atoms with Crippen LogP contribution in [0.15, 0.2) is 60.4 Å². The Labute approximate surface area is 151 Å². The molecule has 3 aromatic heterocycles. The number of hydrogen-bond donors (Lipinski definition) is 1. The van der Waals surface area contributed by atoms with E-state index in [1.54, 1.807) is 11.7 Å². The molecule has 0 aliphatic carbocycles. The number of rotatable bonds is 3. The van der Waals surface area contributed by atoms with Gasteiger partial charge in [-0.15, -0.1) is 11.3 Å². The molecule has 0 atom stereocenters. The van der Waals surface area contributed by atoms with Crippen LogP contribution in [0, 0.1) is 0 Å². The van der Waals surface area contributed by atoms with Crippen LogP contribution in [0.3, 0.4) is 0 Å². The highest BCUT2D eigenvalue weighted by Gasteiger charge is 2.11. The van der Waals surface area contributed by atoms with Crippen molar-refractivity contribution in [2.24, 2.45) is 0 Å². The van der Waals surface area contributed by atoms with Crippen LogP contribution in [-0.2, 0) is 0 Å². The molecular weight excluding hydrogens is 350 g/mol. The predicted molar refractivity (Wildman–Crippen MR) is 104 cm³/mol. The summed E-state index contributed by atoms with van der Waals surface area (Å²) in [6, 6.07) is 14.2. The van der Waals surface area contributed by atoms with E-state index >= 15 is 0 Å². The number of thiazole rings is 1. The van der Waals surface area contributed by atoms with Crippen LogP contribution in [0.5, 0.6) is 0 Å². The zero-order valence-corrected chi connectivity index (χ0v) is 14.5. The fourth-order valence-corrected chi connectivity index (χ4v) is 3.87. The number of benzene rings is 2. The summed E-state index contributed by atoms with van der Waals surface area (Å²) in [4.78, 5) is 14.5. The second kappa shape index (κ2) is 5.87. The largest absolute Gasteiger partial charge is 0.340 e. The SMILES string of the molecule is c1ccc2c(Nc3ccc4sncc4c3)nc(-c3cncs3)nc2c1. The summed E-state index contributed by atoms with van der Waals surface area (Å²) in [6.07, 6.45) is 3.67. The molecule has 5 rings (SSSR count). The minimum absolute atomic E-state index is 0.682. The van der Waals surface area contributed by atoms with Crippen molar-refractivity contribution < 1.29 is 0 Å². The van der Waals surface area contributed by atoms with Gasteiger partial charge in [0.05, 0.1) is 20.6 Å². The Morgan fingerprint density at radius 1 is 0.960 bits per heavy atom. The molecule has 0 fully saturated rings. The number of nitrogens with zero attached hydrogens (tertiary/aromatic N) is 4. The molecule has 3 heterocycles. The molecule has 0 bridgehead atoms. The van der Waals surface area contributed by atoms with E-state index in [2.05, 4.69) is 31.8 Å². The normalized spacial score (nSPS) is 11.2. The third-order valence-corrected chi connectivity index (χ3v) is 5.42. The van der Waals surface area contributed by atoms with Crippen LogP contribution in [0.25, 0.3) is 31.7 Å². The Bertz CT molecular complexity index is 1180. The monoisotopic (exact) mass is 361 g/mol. The Morgan fingerprint density at radius 2 is 1.92 bits per heavy atom. The van der Waals surface area contributed by atoms with E-state index in [0.29, 0.717) is 5.82 Å². The third-order valence-electron chi connectivity index (χ3n) is 3.87. The quantitative estimate of drug-likeness (QED) is 0.484. The van der Waals surface area contributed by atoms with Crippen molar-refractivity contribution in [3.05, 3.63) is 60.4 Å². The molecular formula is C18H11N5S2. The first-order valence-corrected chi connectivity index (χ1v) is 9.29. The van der Waals surface area contributed by atoms with Crippen LogP contribution in [0.2, 0.25) is 0 Å². The van der Waals surface area contributed by atoms with Crippen molar-refractivity contribution in [1.29, 1.82) is 0 Å². The van der Waals surface area contributed by atoms with E-state index in [1.807, 2.05) is 36.5 Å². The smallest absolute Gasteiger partial charge is 0.173 e. The minimum atomic E-state index is 0.682. The lowest BCUT2D eigenvalue weighted by Gasteiger charge is -2.10. The molecule has 0 aliphatic rings. The maximum Gasteiger partial charge on any atom is 0.173 e. The average molecular weight is 361 g/mol. The minimum Gasteiger partial charge on any atom is -0.340 e. The van der Waals surface area contributed by atoms with Gasteiger partial charge in [0.25, 0.3) is 0 Å². The molecule has 25 heavy (non-hydrogen) atoms. The lowest BCUT2D eigenvalue weighted by Crippen LogP contribution is -1.98. The Hall–Kier alpha value is -2.90. The first-order valence-electron chi connectivity index (χ1n) is 7.64. The highest BCUT2D eigenvalue weighted by molar-refractivity contribution is 7.13. The third kappa shape index (κ3) is 2.63. The van der Waals surface area contributed by atoms with Crippen molar-refractivity contribution >= 4 is 55.4 Å². The topological polar surface area (TPSA) is 63.6 Å². The van der Waals surface area contributed by atoms with E-state index in [0.717, 1.165) is 32.7 Å². The van der Waals surface area contributed by atoms with Gasteiger partial charge in [-0.05, 0) is 41.9 Å². The second-order valence-corrected chi connectivity index (χ2v) is 7.20. The van der Waals surface area contributed by atoms with E-state index < -0.39 is 0 Å². The fourth-order valence-electron chi connectivity index (χ4n) is 2.70. The molecule has 0 saturated heterocycles. The fraction of sp³-hybridized carbons (Fsp3) is 0. The molecule has 120 valence electrons. The van der Waals surface area contributed by atoms with Gasteiger partial charge in [-0.1, -0.05) is 12.1 Å². The van der Waals surface area contributed by atoms with Crippen molar-refractivity contribution in [3.63, 3.8) is 0 Å². The summed E-state index contributed by atoms with van der Waals surface area (Å²) in [5, 5.41) is 5.55. The zero-order valence-electron chi connectivity index (χ0n) is 12.9. The summed E-state index contributed by atoms with van der Waals surface area (Å²) in [5.41, 5.74) is 3.67. The number of hydrogen-bond acceptors (Lipinski definition) is 7.